The van der Waals surface area contributed by atoms with Gasteiger partial charge in [-0.25, -0.2) is 0 Å². The lowest BCUT2D eigenvalue weighted by Gasteiger charge is -2.13. The van der Waals surface area contributed by atoms with Gasteiger partial charge < -0.3 is 15.2 Å². The van der Waals surface area contributed by atoms with Crippen LogP contribution < -0.4 is 5.32 Å². The maximum absolute atomic E-state index is 10.5. The molecule has 0 amide bonds. The Kier molecular flexibility index (Phi) is 6.41. The Hall–Kier alpha value is -1.50. The van der Waals surface area contributed by atoms with Crippen molar-refractivity contribution in [2.45, 2.75) is 26.1 Å². The molecule has 1 atom stereocenters. The van der Waals surface area contributed by atoms with Gasteiger partial charge in [0.1, 0.15) is 0 Å². The Bertz CT molecular complexity index is 392. The van der Waals surface area contributed by atoms with Crippen LogP contribution in [0, 0.1) is 10.1 Å². The lowest BCUT2D eigenvalue weighted by atomic mass is 10.1. The van der Waals surface area contributed by atoms with E-state index in [1.54, 1.807) is 12.1 Å². The highest BCUT2D eigenvalue weighted by molar-refractivity contribution is 5.33. The lowest BCUT2D eigenvalue weighted by Crippen LogP contribution is -2.26. The summed E-state index contributed by atoms with van der Waals surface area (Å²) in [6, 6.07) is 5.91. The van der Waals surface area contributed by atoms with E-state index in [0.717, 1.165) is 0 Å². The largest absolute Gasteiger partial charge is 0.387 e. The summed E-state index contributed by atoms with van der Waals surface area (Å²) in [7, 11) is 0. The maximum Gasteiger partial charge on any atom is 0.269 e. The monoisotopic (exact) mass is 268 g/mol. The molecule has 6 heteroatoms. The van der Waals surface area contributed by atoms with Crippen LogP contribution in [0.5, 0.6) is 0 Å². The zero-order valence-corrected chi connectivity index (χ0v) is 11.2. The fraction of sp³-hybridized carbons (Fsp3) is 0.538. The normalized spacial score (nSPS) is 12.6. The van der Waals surface area contributed by atoms with Crippen LogP contribution in [0.1, 0.15) is 25.5 Å². The maximum atomic E-state index is 10.5. The topological polar surface area (TPSA) is 84.6 Å². The number of nitrogens with one attached hydrogen (secondary N) is 1. The number of non-ortho nitro benzene ring substituents is 1. The molecule has 0 aliphatic carbocycles. The molecule has 6 nitrogen and oxygen atoms in total. The van der Waals surface area contributed by atoms with Gasteiger partial charge in [0.05, 0.1) is 23.7 Å². The van der Waals surface area contributed by atoms with Crippen molar-refractivity contribution >= 4 is 5.69 Å². The van der Waals surface area contributed by atoms with E-state index in [1.807, 2.05) is 13.8 Å². The number of ether oxygens (including phenoxy) is 1. The predicted molar refractivity (Wildman–Crippen MR) is 72.0 cm³/mol. The number of hydrogen-bond acceptors (Lipinski definition) is 5. The lowest BCUT2D eigenvalue weighted by molar-refractivity contribution is -0.384. The van der Waals surface area contributed by atoms with Gasteiger partial charge in [-0.2, -0.15) is 0 Å². The second kappa shape index (κ2) is 7.83. The molecule has 0 saturated carbocycles. The Balaban J connectivity index is 2.33. The molecular formula is C13H20N2O4. The van der Waals surface area contributed by atoms with Gasteiger partial charge in [0.15, 0.2) is 0 Å². The third-order valence-electron chi connectivity index (χ3n) is 2.56. The van der Waals surface area contributed by atoms with Crippen LogP contribution in [0.3, 0.4) is 0 Å². The van der Waals surface area contributed by atoms with Crippen molar-refractivity contribution in [3.63, 3.8) is 0 Å². The molecule has 0 aliphatic heterocycles. The summed E-state index contributed by atoms with van der Waals surface area (Å²) in [5.74, 6) is 0. The minimum atomic E-state index is -0.681. The molecule has 0 aliphatic rings. The van der Waals surface area contributed by atoms with E-state index in [-0.39, 0.29) is 11.8 Å². The Morgan fingerprint density at radius 3 is 2.53 bits per heavy atom. The van der Waals surface area contributed by atoms with Crippen LogP contribution >= 0.6 is 0 Å². The van der Waals surface area contributed by atoms with Crippen LogP contribution in [-0.2, 0) is 4.74 Å². The van der Waals surface area contributed by atoms with Crippen molar-refractivity contribution in [1.82, 2.24) is 5.32 Å². The molecule has 19 heavy (non-hydrogen) atoms. The molecule has 0 spiro atoms. The average Bonchev–Trinajstić information content (AvgIpc) is 2.37. The van der Waals surface area contributed by atoms with E-state index in [9.17, 15) is 15.2 Å². The molecule has 0 fully saturated rings. The number of hydrogen-bond donors (Lipinski definition) is 2. The van der Waals surface area contributed by atoms with E-state index in [4.69, 9.17) is 4.74 Å². The van der Waals surface area contributed by atoms with Gasteiger partial charge in [0, 0.05) is 25.2 Å². The molecule has 1 aromatic rings. The van der Waals surface area contributed by atoms with E-state index in [1.165, 1.54) is 12.1 Å². The molecule has 0 radical (unpaired) electrons. The summed E-state index contributed by atoms with van der Waals surface area (Å²) >= 11 is 0. The standard InChI is InChI=1S/C13H20N2O4/c1-10(2)19-8-7-14-9-13(16)11-3-5-12(6-4-11)15(17)18/h3-6,10,13-14,16H,7-9H2,1-2H3. The number of nitro benzene ring substituents is 1. The first kappa shape index (κ1) is 15.6. The molecule has 0 aromatic heterocycles. The van der Waals surface area contributed by atoms with Crippen molar-refractivity contribution in [1.29, 1.82) is 0 Å². The zero-order valence-electron chi connectivity index (χ0n) is 11.2. The number of rotatable bonds is 8. The van der Waals surface area contributed by atoms with Gasteiger partial charge in [-0.15, -0.1) is 0 Å². The first-order valence-electron chi connectivity index (χ1n) is 6.25. The van der Waals surface area contributed by atoms with Crippen LogP contribution in [-0.4, -0.2) is 35.8 Å². The van der Waals surface area contributed by atoms with Gasteiger partial charge in [-0.1, -0.05) is 0 Å². The van der Waals surface area contributed by atoms with E-state index in [2.05, 4.69) is 5.32 Å². The van der Waals surface area contributed by atoms with Crippen molar-refractivity contribution < 1.29 is 14.8 Å². The van der Waals surface area contributed by atoms with Crippen LogP contribution in [0.25, 0.3) is 0 Å². The molecule has 1 rings (SSSR count). The average molecular weight is 268 g/mol. The highest BCUT2D eigenvalue weighted by atomic mass is 16.6. The first-order valence-corrected chi connectivity index (χ1v) is 6.25. The number of aliphatic hydroxyl groups excluding tert-OH is 1. The van der Waals surface area contributed by atoms with Gasteiger partial charge in [0.2, 0.25) is 0 Å². The van der Waals surface area contributed by atoms with Crippen molar-refractivity contribution in [2.24, 2.45) is 0 Å². The highest BCUT2D eigenvalue weighted by Gasteiger charge is 2.09. The first-order chi connectivity index (χ1) is 9.00. The second-order valence-electron chi connectivity index (χ2n) is 4.49. The summed E-state index contributed by atoms with van der Waals surface area (Å²) in [5.41, 5.74) is 0.678. The number of nitro groups is 1. The Morgan fingerprint density at radius 2 is 2.00 bits per heavy atom. The molecule has 1 aromatic carbocycles. The molecule has 1 unspecified atom stereocenters. The van der Waals surface area contributed by atoms with Gasteiger partial charge in [-0.3, -0.25) is 10.1 Å². The Labute approximate surface area is 112 Å². The zero-order chi connectivity index (χ0) is 14.3. The van der Waals surface area contributed by atoms with Crippen molar-refractivity contribution in [3.8, 4) is 0 Å². The van der Waals surface area contributed by atoms with E-state index in [0.29, 0.717) is 25.3 Å². The minimum Gasteiger partial charge on any atom is -0.387 e. The summed E-state index contributed by atoms with van der Waals surface area (Å²) in [4.78, 5) is 10.0. The summed E-state index contributed by atoms with van der Waals surface area (Å²) < 4.78 is 5.35. The predicted octanol–water partition coefficient (Wildman–Crippen LogP) is 1.64. The molecule has 0 saturated heterocycles. The number of nitrogens with zero attached hydrogens (tertiary/aromatic N) is 1. The van der Waals surface area contributed by atoms with E-state index < -0.39 is 11.0 Å². The molecule has 0 bridgehead atoms. The molecule has 2 N–H and O–H groups in total. The summed E-state index contributed by atoms with van der Waals surface area (Å²) in [6.45, 7) is 5.56. The molecule has 0 heterocycles. The van der Waals surface area contributed by atoms with Gasteiger partial charge in [0.25, 0.3) is 5.69 Å². The van der Waals surface area contributed by atoms with E-state index >= 15 is 0 Å². The fourth-order valence-corrected chi connectivity index (χ4v) is 1.54. The molecule has 106 valence electrons. The third kappa shape index (κ3) is 5.78. The van der Waals surface area contributed by atoms with Crippen molar-refractivity contribution in [3.05, 3.63) is 39.9 Å². The third-order valence-corrected chi connectivity index (χ3v) is 2.56. The van der Waals surface area contributed by atoms with Crippen LogP contribution in [0.4, 0.5) is 5.69 Å². The summed E-state index contributed by atoms with van der Waals surface area (Å²) in [5, 5.41) is 23.5. The number of aliphatic hydroxyl groups is 1. The Morgan fingerprint density at radius 1 is 1.37 bits per heavy atom. The quantitative estimate of drug-likeness (QED) is 0.425. The smallest absolute Gasteiger partial charge is 0.269 e. The fourth-order valence-electron chi connectivity index (χ4n) is 1.54. The summed E-state index contributed by atoms with van der Waals surface area (Å²) in [6.07, 6.45) is -0.485. The SMILES string of the molecule is CC(C)OCCNCC(O)c1ccc([N+](=O)[O-])cc1. The second-order valence-corrected chi connectivity index (χ2v) is 4.49. The van der Waals surface area contributed by atoms with Crippen LogP contribution in [0.2, 0.25) is 0 Å². The number of benzene rings is 1. The van der Waals surface area contributed by atoms with Gasteiger partial charge >= 0.3 is 0 Å². The van der Waals surface area contributed by atoms with Gasteiger partial charge in [-0.05, 0) is 31.5 Å². The van der Waals surface area contributed by atoms with Crippen molar-refractivity contribution in [2.75, 3.05) is 19.7 Å². The minimum absolute atomic E-state index is 0.0224. The van der Waals surface area contributed by atoms with Crippen LogP contribution in [0.15, 0.2) is 24.3 Å². The molecular weight excluding hydrogens is 248 g/mol. The highest BCUT2D eigenvalue weighted by Crippen LogP contribution is 2.17.